The summed E-state index contributed by atoms with van der Waals surface area (Å²) in [6, 6.07) is 18.6. The molecule has 0 atom stereocenters. The molecular formula is C21H19N3O3. The number of hydrogen-bond acceptors (Lipinski definition) is 4. The predicted molar refractivity (Wildman–Crippen MR) is 101 cm³/mol. The zero-order valence-corrected chi connectivity index (χ0v) is 15.1. The number of hydrogen-bond donors (Lipinski definition) is 1. The molecule has 27 heavy (non-hydrogen) atoms. The largest absolute Gasteiger partial charge is 0.493 e. The zero-order valence-electron chi connectivity index (χ0n) is 15.1. The van der Waals surface area contributed by atoms with Gasteiger partial charge in [-0.1, -0.05) is 30.3 Å². The van der Waals surface area contributed by atoms with Gasteiger partial charge < -0.3 is 19.4 Å². The molecule has 0 bridgehead atoms. The monoisotopic (exact) mass is 361 g/mol. The van der Waals surface area contributed by atoms with Crippen LogP contribution in [0.4, 0.5) is 0 Å². The number of methoxy groups -OCH3 is 2. The number of rotatable bonds is 6. The molecule has 0 aliphatic carbocycles. The summed E-state index contributed by atoms with van der Waals surface area (Å²) in [5, 5.41) is 12.3. The molecule has 0 aliphatic heterocycles. The molecule has 0 saturated carbocycles. The highest BCUT2D eigenvalue weighted by Gasteiger charge is 2.19. The molecule has 0 radical (unpaired) electrons. The van der Waals surface area contributed by atoms with Crippen LogP contribution >= 0.6 is 0 Å². The highest BCUT2D eigenvalue weighted by atomic mass is 16.5. The van der Waals surface area contributed by atoms with Crippen LogP contribution < -0.4 is 14.8 Å². The normalized spacial score (nSPS) is 10.1. The molecule has 1 heterocycles. The van der Waals surface area contributed by atoms with Gasteiger partial charge in [0.2, 0.25) is 0 Å². The molecule has 2 aromatic carbocycles. The third-order valence-electron chi connectivity index (χ3n) is 4.16. The lowest BCUT2D eigenvalue weighted by atomic mass is 10.2. The molecule has 0 spiro atoms. The van der Waals surface area contributed by atoms with Crippen molar-refractivity contribution in [3.8, 4) is 23.3 Å². The van der Waals surface area contributed by atoms with Crippen molar-refractivity contribution in [3.63, 3.8) is 0 Å². The Labute approximate surface area is 157 Å². The smallest absolute Gasteiger partial charge is 0.269 e. The van der Waals surface area contributed by atoms with Gasteiger partial charge >= 0.3 is 0 Å². The topological polar surface area (TPSA) is 76.3 Å². The number of nitriles is 1. The first-order chi connectivity index (χ1) is 13.2. The van der Waals surface area contributed by atoms with E-state index in [-0.39, 0.29) is 11.6 Å². The first-order valence-corrected chi connectivity index (χ1v) is 8.34. The van der Waals surface area contributed by atoms with Crippen LogP contribution in [0.3, 0.4) is 0 Å². The number of nitrogens with one attached hydrogen (secondary N) is 1. The molecule has 0 unspecified atom stereocenters. The number of carbonyl (C=O) groups is 1. The Morgan fingerprint density at radius 1 is 1.07 bits per heavy atom. The minimum Gasteiger partial charge on any atom is -0.493 e. The SMILES string of the molecule is COc1ccc(-n2ccc(C#N)c2C(=O)NCc2ccccc2)cc1OC. The first kappa shape index (κ1) is 18.1. The zero-order chi connectivity index (χ0) is 19.2. The van der Waals surface area contributed by atoms with Crippen molar-refractivity contribution in [2.24, 2.45) is 0 Å². The van der Waals surface area contributed by atoms with E-state index in [2.05, 4.69) is 11.4 Å². The van der Waals surface area contributed by atoms with E-state index < -0.39 is 0 Å². The quantitative estimate of drug-likeness (QED) is 0.731. The Kier molecular flexibility index (Phi) is 5.43. The van der Waals surface area contributed by atoms with Gasteiger partial charge in [0.25, 0.3) is 5.91 Å². The van der Waals surface area contributed by atoms with Gasteiger partial charge in [-0.25, -0.2) is 0 Å². The lowest BCUT2D eigenvalue weighted by molar-refractivity contribution is 0.0944. The maximum Gasteiger partial charge on any atom is 0.269 e. The number of carbonyl (C=O) groups excluding carboxylic acids is 1. The summed E-state index contributed by atoms with van der Waals surface area (Å²) < 4.78 is 12.3. The predicted octanol–water partition coefficient (Wildman–Crippen LogP) is 3.30. The highest BCUT2D eigenvalue weighted by Crippen LogP contribution is 2.30. The van der Waals surface area contributed by atoms with Gasteiger partial charge in [-0.3, -0.25) is 4.79 Å². The van der Waals surface area contributed by atoms with Crippen molar-refractivity contribution in [2.45, 2.75) is 6.54 Å². The van der Waals surface area contributed by atoms with E-state index in [1.54, 1.807) is 49.2 Å². The number of amides is 1. The van der Waals surface area contributed by atoms with E-state index in [0.29, 0.717) is 29.3 Å². The molecule has 3 aromatic rings. The summed E-state index contributed by atoms with van der Waals surface area (Å²) in [6.07, 6.45) is 1.69. The van der Waals surface area contributed by atoms with Gasteiger partial charge in [0.05, 0.1) is 19.8 Å². The molecule has 1 amide bonds. The fourth-order valence-corrected chi connectivity index (χ4v) is 2.81. The van der Waals surface area contributed by atoms with Crippen LogP contribution in [0.2, 0.25) is 0 Å². The second kappa shape index (κ2) is 8.11. The molecule has 0 aliphatic rings. The minimum absolute atomic E-state index is 0.278. The van der Waals surface area contributed by atoms with Crippen LogP contribution in [0.5, 0.6) is 11.5 Å². The second-order valence-corrected chi connectivity index (χ2v) is 5.77. The Morgan fingerprint density at radius 2 is 1.81 bits per heavy atom. The van der Waals surface area contributed by atoms with Crippen LogP contribution in [0, 0.1) is 11.3 Å². The fourth-order valence-electron chi connectivity index (χ4n) is 2.81. The summed E-state index contributed by atoms with van der Waals surface area (Å²) >= 11 is 0. The van der Waals surface area contributed by atoms with Crippen molar-refractivity contribution < 1.29 is 14.3 Å². The standard InChI is InChI=1S/C21H19N3O3/c1-26-18-9-8-17(12-19(18)27-2)24-11-10-16(13-22)20(24)21(25)23-14-15-6-4-3-5-7-15/h3-12H,14H2,1-2H3,(H,23,25). The number of benzene rings is 2. The minimum atomic E-state index is -0.324. The molecule has 136 valence electrons. The summed E-state index contributed by atoms with van der Waals surface area (Å²) in [5.41, 5.74) is 2.25. The van der Waals surface area contributed by atoms with Gasteiger partial charge in [0.15, 0.2) is 11.5 Å². The van der Waals surface area contributed by atoms with Gasteiger partial charge in [-0.05, 0) is 23.8 Å². The molecule has 3 rings (SSSR count). The summed E-state index contributed by atoms with van der Waals surface area (Å²) in [4.78, 5) is 12.8. The Morgan fingerprint density at radius 3 is 2.48 bits per heavy atom. The highest BCUT2D eigenvalue weighted by molar-refractivity contribution is 5.95. The van der Waals surface area contributed by atoms with Gasteiger partial charge in [0.1, 0.15) is 11.8 Å². The van der Waals surface area contributed by atoms with Crippen molar-refractivity contribution in [1.29, 1.82) is 5.26 Å². The average Bonchev–Trinajstić information content (AvgIpc) is 3.16. The van der Waals surface area contributed by atoms with Crippen LogP contribution in [-0.2, 0) is 6.54 Å². The maximum absolute atomic E-state index is 12.8. The van der Waals surface area contributed by atoms with Gasteiger partial charge in [-0.2, -0.15) is 5.26 Å². The van der Waals surface area contributed by atoms with E-state index in [9.17, 15) is 10.1 Å². The molecule has 1 aromatic heterocycles. The Balaban J connectivity index is 1.93. The van der Waals surface area contributed by atoms with Gasteiger partial charge in [0, 0.05) is 24.5 Å². The van der Waals surface area contributed by atoms with E-state index in [1.165, 1.54) is 0 Å². The van der Waals surface area contributed by atoms with E-state index in [1.807, 2.05) is 30.3 Å². The average molecular weight is 361 g/mol. The molecule has 0 saturated heterocycles. The molecule has 1 N–H and O–H groups in total. The van der Waals surface area contributed by atoms with E-state index >= 15 is 0 Å². The lowest BCUT2D eigenvalue weighted by Crippen LogP contribution is -2.26. The van der Waals surface area contributed by atoms with Crippen LogP contribution in [0.15, 0.2) is 60.8 Å². The maximum atomic E-state index is 12.8. The fraction of sp³-hybridized carbons (Fsp3) is 0.143. The van der Waals surface area contributed by atoms with Crippen molar-refractivity contribution in [3.05, 3.63) is 77.6 Å². The molecule has 6 nitrogen and oxygen atoms in total. The first-order valence-electron chi connectivity index (χ1n) is 8.34. The van der Waals surface area contributed by atoms with Gasteiger partial charge in [-0.15, -0.1) is 0 Å². The lowest BCUT2D eigenvalue weighted by Gasteiger charge is -2.13. The Hall–Kier alpha value is -3.72. The summed E-state index contributed by atoms with van der Waals surface area (Å²) in [7, 11) is 3.11. The third-order valence-corrected chi connectivity index (χ3v) is 4.16. The second-order valence-electron chi connectivity index (χ2n) is 5.77. The van der Waals surface area contributed by atoms with Crippen LogP contribution in [0.1, 0.15) is 21.6 Å². The van der Waals surface area contributed by atoms with E-state index in [0.717, 1.165) is 5.56 Å². The molecule has 6 heteroatoms. The van der Waals surface area contributed by atoms with Crippen LogP contribution in [-0.4, -0.2) is 24.7 Å². The summed E-state index contributed by atoms with van der Waals surface area (Å²) in [6.45, 7) is 0.377. The van der Waals surface area contributed by atoms with E-state index in [4.69, 9.17) is 9.47 Å². The molecule has 0 fully saturated rings. The third kappa shape index (κ3) is 3.77. The number of ether oxygens (including phenoxy) is 2. The van der Waals surface area contributed by atoms with Crippen molar-refractivity contribution in [2.75, 3.05) is 14.2 Å². The van der Waals surface area contributed by atoms with Crippen molar-refractivity contribution in [1.82, 2.24) is 9.88 Å². The number of aromatic nitrogens is 1. The summed E-state index contributed by atoms with van der Waals surface area (Å²) in [5.74, 6) is 0.803. The van der Waals surface area contributed by atoms with Crippen LogP contribution in [0.25, 0.3) is 5.69 Å². The number of nitrogens with zero attached hydrogens (tertiary/aromatic N) is 2. The van der Waals surface area contributed by atoms with Crippen molar-refractivity contribution >= 4 is 5.91 Å². The molecular weight excluding hydrogens is 342 g/mol. The Bertz CT molecular complexity index is 988.